The second kappa shape index (κ2) is 6.19. The Balaban J connectivity index is 2.27. The van der Waals surface area contributed by atoms with E-state index in [-0.39, 0.29) is 5.92 Å². The fraction of sp³-hybridized carbons (Fsp3) is 0.250. The van der Waals surface area contributed by atoms with Gasteiger partial charge in [0.2, 0.25) is 0 Å². The number of rotatable bonds is 5. The van der Waals surface area contributed by atoms with Crippen LogP contribution in [0.3, 0.4) is 0 Å². The van der Waals surface area contributed by atoms with E-state index in [0.29, 0.717) is 6.54 Å². The molecule has 0 radical (unpaired) electrons. The van der Waals surface area contributed by atoms with Crippen LogP contribution >= 0.6 is 0 Å². The van der Waals surface area contributed by atoms with Crippen LogP contribution in [-0.4, -0.2) is 20.9 Å². The zero-order valence-electron chi connectivity index (χ0n) is 11.7. The number of carboxylic acid groups (broad SMARTS) is 1. The maximum atomic E-state index is 10.6. The molecule has 0 saturated heterocycles. The van der Waals surface area contributed by atoms with Gasteiger partial charge in [0.05, 0.1) is 12.2 Å². The van der Waals surface area contributed by atoms with Gasteiger partial charge in [0, 0.05) is 17.8 Å². The summed E-state index contributed by atoms with van der Waals surface area (Å²) in [5.74, 6) is -0.698. The minimum atomic E-state index is -0.949. The summed E-state index contributed by atoms with van der Waals surface area (Å²) < 4.78 is 1.85. The number of carboxylic acids is 1. The number of hydrogen-bond acceptors (Lipinski definition) is 2. The third-order valence-electron chi connectivity index (χ3n) is 2.96. The Morgan fingerprint density at radius 2 is 2.05 bits per heavy atom. The molecule has 0 aliphatic heterocycles. The molecule has 104 valence electrons. The number of benzene rings is 1. The summed E-state index contributed by atoms with van der Waals surface area (Å²) in [5.41, 5.74) is 2.94. The van der Waals surface area contributed by atoms with E-state index in [2.05, 4.69) is 5.10 Å². The largest absolute Gasteiger partial charge is 0.478 e. The summed E-state index contributed by atoms with van der Waals surface area (Å²) in [6, 6.07) is 10.1. The van der Waals surface area contributed by atoms with Crippen molar-refractivity contribution in [3.63, 3.8) is 0 Å². The maximum Gasteiger partial charge on any atom is 0.328 e. The normalized spacial score (nSPS) is 11.3. The second-order valence-corrected chi connectivity index (χ2v) is 4.98. The molecule has 4 nitrogen and oxygen atoms in total. The van der Waals surface area contributed by atoms with E-state index in [4.69, 9.17) is 5.11 Å². The van der Waals surface area contributed by atoms with E-state index in [1.165, 1.54) is 5.56 Å². The minimum Gasteiger partial charge on any atom is -0.478 e. The van der Waals surface area contributed by atoms with Crippen molar-refractivity contribution in [3.05, 3.63) is 59.4 Å². The molecular weight excluding hydrogens is 252 g/mol. The van der Waals surface area contributed by atoms with Crippen LogP contribution in [0, 0.1) is 0 Å². The Hall–Kier alpha value is -2.36. The molecule has 1 heterocycles. The van der Waals surface area contributed by atoms with Crippen LogP contribution < -0.4 is 0 Å². The van der Waals surface area contributed by atoms with Gasteiger partial charge in [-0.15, -0.1) is 0 Å². The molecule has 2 aromatic rings. The Morgan fingerprint density at radius 1 is 1.35 bits per heavy atom. The van der Waals surface area contributed by atoms with Crippen LogP contribution in [0.1, 0.15) is 36.6 Å². The van der Waals surface area contributed by atoms with Crippen molar-refractivity contribution >= 4 is 12.0 Å². The molecule has 0 aliphatic rings. The van der Waals surface area contributed by atoms with E-state index in [9.17, 15) is 4.79 Å². The van der Waals surface area contributed by atoms with Crippen LogP contribution in [0.2, 0.25) is 0 Å². The number of nitrogens with zero attached hydrogens (tertiary/aromatic N) is 2. The zero-order valence-corrected chi connectivity index (χ0v) is 11.7. The highest BCUT2D eigenvalue weighted by Gasteiger charge is 2.10. The maximum absolute atomic E-state index is 10.6. The van der Waals surface area contributed by atoms with Crippen LogP contribution in [0.5, 0.6) is 0 Å². The molecule has 0 spiro atoms. The topological polar surface area (TPSA) is 55.1 Å². The second-order valence-electron chi connectivity index (χ2n) is 4.98. The Labute approximate surface area is 118 Å². The first-order chi connectivity index (χ1) is 9.56. The van der Waals surface area contributed by atoms with Crippen LogP contribution in [0.15, 0.2) is 42.6 Å². The molecule has 20 heavy (non-hydrogen) atoms. The summed E-state index contributed by atoms with van der Waals surface area (Å²) in [5, 5.41) is 13.3. The van der Waals surface area contributed by atoms with Crippen LogP contribution in [0.4, 0.5) is 0 Å². The monoisotopic (exact) mass is 270 g/mol. The quantitative estimate of drug-likeness (QED) is 0.849. The lowest BCUT2D eigenvalue weighted by Gasteiger charge is -2.02. The van der Waals surface area contributed by atoms with E-state index >= 15 is 0 Å². The predicted octanol–water partition coefficient (Wildman–Crippen LogP) is 3.15. The zero-order chi connectivity index (χ0) is 14.5. The third-order valence-corrected chi connectivity index (χ3v) is 2.96. The molecule has 4 heteroatoms. The van der Waals surface area contributed by atoms with E-state index in [1.54, 1.807) is 6.08 Å². The van der Waals surface area contributed by atoms with E-state index in [1.807, 2.05) is 55.1 Å². The first-order valence-corrected chi connectivity index (χ1v) is 6.58. The molecule has 0 bridgehead atoms. The number of hydrogen-bond donors (Lipinski definition) is 1. The Kier molecular flexibility index (Phi) is 4.35. The van der Waals surface area contributed by atoms with Gasteiger partial charge in [-0.2, -0.15) is 5.10 Å². The van der Waals surface area contributed by atoms with E-state index in [0.717, 1.165) is 17.3 Å². The highest BCUT2D eigenvalue weighted by molar-refractivity contribution is 5.85. The smallest absolute Gasteiger partial charge is 0.328 e. The van der Waals surface area contributed by atoms with Gasteiger partial charge in [0.15, 0.2) is 0 Å². The number of aliphatic carboxylic acids is 1. The lowest BCUT2D eigenvalue weighted by atomic mass is 10.1. The third kappa shape index (κ3) is 3.57. The van der Waals surface area contributed by atoms with Crippen molar-refractivity contribution in [1.82, 2.24) is 9.78 Å². The summed E-state index contributed by atoms with van der Waals surface area (Å²) in [4.78, 5) is 10.6. The van der Waals surface area contributed by atoms with Gasteiger partial charge in [-0.25, -0.2) is 4.79 Å². The Morgan fingerprint density at radius 3 is 2.65 bits per heavy atom. The van der Waals surface area contributed by atoms with Gasteiger partial charge in [-0.3, -0.25) is 4.68 Å². The SMILES string of the molecule is CC(C)c1nn(Cc2ccccc2)cc1/C=C/C(=O)O. The fourth-order valence-electron chi connectivity index (χ4n) is 2.04. The lowest BCUT2D eigenvalue weighted by Crippen LogP contribution is -2.01. The van der Waals surface area contributed by atoms with Gasteiger partial charge in [0.1, 0.15) is 0 Å². The van der Waals surface area contributed by atoms with Gasteiger partial charge >= 0.3 is 5.97 Å². The average Bonchev–Trinajstić information content (AvgIpc) is 2.81. The van der Waals surface area contributed by atoms with Crippen molar-refractivity contribution in [2.75, 3.05) is 0 Å². The molecule has 0 atom stereocenters. The van der Waals surface area contributed by atoms with Crippen molar-refractivity contribution in [1.29, 1.82) is 0 Å². The molecule has 0 aliphatic carbocycles. The first-order valence-electron chi connectivity index (χ1n) is 6.58. The standard InChI is InChI=1S/C16H18N2O2/c1-12(2)16-14(8-9-15(19)20)11-18(17-16)10-13-6-4-3-5-7-13/h3-9,11-12H,10H2,1-2H3,(H,19,20)/b9-8+. The average molecular weight is 270 g/mol. The van der Waals surface area contributed by atoms with Crippen molar-refractivity contribution in [3.8, 4) is 0 Å². The Bertz CT molecular complexity index is 613. The summed E-state index contributed by atoms with van der Waals surface area (Å²) >= 11 is 0. The van der Waals surface area contributed by atoms with Crippen molar-refractivity contribution < 1.29 is 9.90 Å². The van der Waals surface area contributed by atoms with Gasteiger partial charge in [0.25, 0.3) is 0 Å². The molecule has 1 N–H and O–H groups in total. The molecule has 0 saturated carbocycles. The fourth-order valence-corrected chi connectivity index (χ4v) is 2.04. The van der Waals surface area contributed by atoms with Crippen LogP contribution in [0.25, 0.3) is 6.08 Å². The molecule has 0 amide bonds. The number of carbonyl (C=O) groups is 1. The lowest BCUT2D eigenvalue weighted by molar-refractivity contribution is -0.131. The number of aromatic nitrogens is 2. The molecule has 2 rings (SSSR count). The molecule has 1 aromatic heterocycles. The molecule has 0 fully saturated rings. The predicted molar refractivity (Wildman–Crippen MR) is 78.5 cm³/mol. The van der Waals surface area contributed by atoms with Crippen LogP contribution in [-0.2, 0) is 11.3 Å². The van der Waals surface area contributed by atoms with Gasteiger partial charge in [-0.1, -0.05) is 44.2 Å². The van der Waals surface area contributed by atoms with Gasteiger partial charge in [-0.05, 0) is 17.6 Å². The highest BCUT2D eigenvalue weighted by atomic mass is 16.4. The van der Waals surface area contributed by atoms with Crippen molar-refractivity contribution in [2.24, 2.45) is 0 Å². The van der Waals surface area contributed by atoms with E-state index < -0.39 is 5.97 Å². The molecular formula is C16H18N2O2. The van der Waals surface area contributed by atoms with Crippen molar-refractivity contribution in [2.45, 2.75) is 26.3 Å². The molecule has 0 unspecified atom stereocenters. The summed E-state index contributed by atoms with van der Waals surface area (Å²) in [7, 11) is 0. The first kappa shape index (κ1) is 14.1. The molecule has 1 aromatic carbocycles. The van der Waals surface area contributed by atoms with Gasteiger partial charge < -0.3 is 5.11 Å². The summed E-state index contributed by atoms with van der Waals surface area (Å²) in [6.45, 7) is 4.78. The highest BCUT2D eigenvalue weighted by Crippen LogP contribution is 2.19. The minimum absolute atomic E-state index is 0.250. The summed E-state index contributed by atoms with van der Waals surface area (Å²) in [6.07, 6.45) is 4.64.